The average Bonchev–Trinajstić information content (AvgIpc) is 2.59. The van der Waals surface area contributed by atoms with E-state index in [1.807, 2.05) is 0 Å². The zero-order chi connectivity index (χ0) is 14.5. The van der Waals surface area contributed by atoms with E-state index in [1.165, 1.54) is 107 Å². The first-order chi connectivity index (χ1) is 10.4. The number of hydrogen-bond donors (Lipinski definition) is 1. The fourth-order valence-corrected chi connectivity index (χ4v) is 7.58. The first-order valence-electron chi connectivity index (χ1n) is 10.1. The molecule has 1 nitrogen and oxygen atoms in total. The first kappa shape index (κ1) is 16.0. The monoisotopic (exact) mass is 307 g/mol. The molecule has 0 bridgehead atoms. The Kier molecular flexibility index (Phi) is 5.83. The van der Waals surface area contributed by atoms with Crippen molar-refractivity contribution in [2.24, 2.45) is 17.8 Å². The minimum atomic E-state index is 0.563. The summed E-state index contributed by atoms with van der Waals surface area (Å²) >= 11 is 0. The van der Waals surface area contributed by atoms with Gasteiger partial charge in [0.15, 0.2) is 0 Å². The quantitative estimate of drug-likeness (QED) is 0.762. The number of nitrogens with one attached hydrogen (secondary N) is 1. The van der Waals surface area contributed by atoms with E-state index in [1.54, 1.807) is 0 Å². The molecule has 3 rings (SSSR count). The van der Waals surface area contributed by atoms with Gasteiger partial charge < -0.3 is 4.98 Å². The smallest absolute Gasteiger partial charge is 0.0756 e. The zero-order valence-corrected chi connectivity index (χ0v) is 16.3. The molecule has 0 saturated heterocycles. The molecule has 0 aromatic heterocycles. The Bertz CT molecular complexity index is 253. The highest BCUT2D eigenvalue weighted by Crippen LogP contribution is 2.50. The van der Waals surface area contributed by atoms with Gasteiger partial charge in [-0.2, -0.15) is 0 Å². The van der Waals surface area contributed by atoms with E-state index >= 15 is 0 Å². The van der Waals surface area contributed by atoms with E-state index in [-0.39, 0.29) is 0 Å². The SMILES string of the molecule is [SiH3]NC(C1CCCCC1)(C1CCCCC1)C1CCCCC1. The van der Waals surface area contributed by atoms with Crippen molar-refractivity contribution in [2.45, 2.75) is 102 Å². The molecule has 3 aliphatic carbocycles. The Morgan fingerprint density at radius 3 is 1.05 bits per heavy atom. The van der Waals surface area contributed by atoms with Gasteiger partial charge in [0.05, 0.1) is 10.4 Å². The lowest BCUT2D eigenvalue weighted by Gasteiger charge is -2.55. The van der Waals surface area contributed by atoms with E-state index in [2.05, 4.69) is 4.98 Å². The molecule has 0 atom stereocenters. The molecule has 0 aromatic rings. The van der Waals surface area contributed by atoms with E-state index in [9.17, 15) is 0 Å². The molecule has 3 fully saturated rings. The van der Waals surface area contributed by atoms with Gasteiger partial charge in [0.2, 0.25) is 0 Å². The van der Waals surface area contributed by atoms with Crippen LogP contribution in [0.15, 0.2) is 0 Å². The topological polar surface area (TPSA) is 12.0 Å². The highest BCUT2D eigenvalue weighted by Gasteiger charge is 2.49. The maximum Gasteiger partial charge on any atom is 0.0756 e. The third-order valence-corrected chi connectivity index (χ3v) is 8.14. The normalized spacial score (nSPS) is 28.0. The molecule has 0 unspecified atom stereocenters. The summed E-state index contributed by atoms with van der Waals surface area (Å²) in [5.74, 6) is 3.03. The third-order valence-electron chi connectivity index (χ3n) is 7.28. The number of rotatable bonds is 4. The summed E-state index contributed by atoms with van der Waals surface area (Å²) in [6.07, 6.45) is 22.7. The highest BCUT2D eigenvalue weighted by atomic mass is 28.2. The minimum absolute atomic E-state index is 0.563. The molecule has 122 valence electrons. The Hall–Kier alpha value is 0.177. The molecule has 3 aliphatic rings. The van der Waals surface area contributed by atoms with Crippen LogP contribution in [0, 0.1) is 17.8 Å². The van der Waals surface area contributed by atoms with Gasteiger partial charge in [-0.05, 0) is 56.3 Å². The van der Waals surface area contributed by atoms with Gasteiger partial charge in [0.1, 0.15) is 0 Å². The molecule has 2 heteroatoms. The Labute approximate surface area is 135 Å². The molecule has 0 aromatic carbocycles. The predicted octanol–water partition coefficient (Wildman–Crippen LogP) is 4.34. The van der Waals surface area contributed by atoms with E-state index < -0.39 is 0 Å². The van der Waals surface area contributed by atoms with Gasteiger partial charge in [0, 0.05) is 5.54 Å². The summed E-state index contributed by atoms with van der Waals surface area (Å²) in [6, 6.07) is 0. The molecule has 0 amide bonds. The fraction of sp³-hybridized carbons (Fsp3) is 1.00. The summed E-state index contributed by atoms with van der Waals surface area (Å²) in [4.78, 5) is 4.16. The van der Waals surface area contributed by atoms with Crippen molar-refractivity contribution in [1.29, 1.82) is 0 Å². The van der Waals surface area contributed by atoms with Crippen molar-refractivity contribution in [3.05, 3.63) is 0 Å². The lowest BCUT2D eigenvalue weighted by atomic mass is 9.57. The van der Waals surface area contributed by atoms with Crippen molar-refractivity contribution in [3.63, 3.8) is 0 Å². The van der Waals surface area contributed by atoms with Crippen molar-refractivity contribution in [1.82, 2.24) is 4.98 Å². The second kappa shape index (κ2) is 7.63. The van der Waals surface area contributed by atoms with E-state index in [4.69, 9.17) is 0 Å². The average molecular weight is 308 g/mol. The Balaban J connectivity index is 1.85. The largest absolute Gasteiger partial charge is 0.339 e. The van der Waals surface area contributed by atoms with Crippen LogP contribution in [0.2, 0.25) is 0 Å². The molecule has 21 heavy (non-hydrogen) atoms. The van der Waals surface area contributed by atoms with Crippen LogP contribution >= 0.6 is 0 Å². The summed E-state index contributed by atoms with van der Waals surface area (Å²) in [7, 11) is 1.20. The predicted molar refractivity (Wildman–Crippen MR) is 95.5 cm³/mol. The fourth-order valence-electron chi connectivity index (χ4n) is 6.35. The minimum Gasteiger partial charge on any atom is -0.339 e. The summed E-state index contributed by atoms with van der Waals surface area (Å²) in [6.45, 7) is 0. The maximum absolute atomic E-state index is 4.16. The summed E-state index contributed by atoms with van der Waals surface area (Å²) in [5.41, 5.74) is 0.563. The molecule has 3 saturated carbocycles. The van der Waals surface area contributed by atoms with Crippen LogP contribution in [0.25, 0.3) is 0 Å². The van der Waals surface area contributed by atoms with Gasteiger partial charge in [-0.1, -0.05) is 57.8 Å². The zero-order valence-electron chi connectivity index (χ0n) is 14.3. The van der Waals surface area contributed by atoms with Gasteiger partial charge in [0.25, 0.3) is 0 Å². The number of hydrogen-bond acceptors (Lipinski definition) is 1. The molecular formula is C19H37NSi. The molecule has 0 aliphatic heterocycles. The highest BCUT2D eigenvalue weighted by molar-refractivity contribution is 6.05. The van der Waals surface area contributed by atoms with Crippen LogP contribution in [0.3, 0.4) is 0 Å². The van der Waals surface area contributed by atoms with Crippen LogP contribution < -0.4 is 4.98 Å². The molecular weight excluding hydrogens is 270 g/mol. The molecule has 0 spiro atoms. The van der Waals surface area contributed by atoms with Crippen LogP contribution in [-0.2, 0) is 0 Å². The summed E-state index contributed by atoms with van der Waals surface area (Å²) < 4.78 is 0. The molecule has 1 N–H and O–H groups in total. The van der Waals surface area contributed by atoms with Crippen molar-refractivity contribution >= 4 is 10.4 Å². The molecule has 0 radical (unpaired) electrons. The van der Waals surface area contributed by atoms with Crippen molar-refractivity contribution < 1.29 is 0 Å². The maximum atomic E-state index is 4.16. The van der Waals surface area contributed by atoms with Gasteiger partial charge in [-0.3, -0.25) is 0 Å². The van der Waals surface area contributed by atoms with Crippen LogP contribution in [0.4, 0.5) is 0 Å². The van der Waals surface area contributed by atoms with Crippen molar-refractivity contribution in [3.8, 4) is 0 Å². The van der Waals surface area contributed by atoms with Crippen LogP contribution in [0.5, 0.6) is 0 Å². The van der Waals surface area contributed by atoms with Gasteiger partial charge in [-0.15, -0.1) is 0 Å². The standard InChI is InChI=1S/C19H37NSi/c21-20-19(16-10-4-1-5-11-16,17-12-6-2-7-13-17)18-14-8-3-9-15-18/h16-18,20H,1-15H2,21H3. The lowest BCUT2D eigenvalue weighted by molar-refractivity contribution is 0.0188. The van der Waals surface area contributed by atoms with E-state index in [0.29, 0.717) is 5.54 Å². The Morgan fingerprint density at radius 1 is 0.524 bits per heavy atom. The van der Waals surface area contributed by atoms with Crippen LogP contribution in [-0.4, -0.2) is 15.9 Å². The van der Waals surface area contributed by atoms with Gasteiger partial charge >= 0.3 is 0 Å². The van der Waals surface area contributed by atoms with Crippen LogP contribution in [0.1, 0.15) is 96.3 Å². The van der Waals surface area contributed by atoms with Gasteiger partial charge in [-0.25, -0.2) is 0 Å². The third kappa shape index (κ3) is 3.27. The van der Waals surface area contributed by atoms with Crippen molar-refractivity contribution in [2.75, 3.05) is 0 Å². The second-order valence-corrected chi connectivity index (χ2v) is 8.69. The first-order valence-corrected chi connectivity index (χ1v) is 11.1. The summed E-state index contributed by atoms with van der Waals surface area (Å²) in [5, 5.41) is 0. The van der Waals surface area contributed by atoms with E-state index in [0.717, 1.165) is 17.8 Å². The molecule has 0 heterocycles. The lowest BCUT2D eigenvalue weighted by Crippen LogP contribution is -2.62. The Morgan fingerprint density at radius 2 is 0.810 bits per heavy atom. The second-order valence-electron chi connectivity index (χ2n) is 8.19.